The number of hydrogen-bond donors (Lipinski definition) is 3. The highest BCUT2D eigenvalue weighted by Gasteiger charge is 2.12. The Bertz CT molecular complexity index is 435. The largest absolute Gasteiger partial charge is 0.503 e. The molecule has 0 radical (unpaired) electrons. The Balaban J connectivity index is 2.63. The van der Waals surface area contributed by atoms with Crippen LogP contribution in [0.4, 0.5) is 0 Å². The molecule has 0 saturated carbocycles. The monoisotopic (exact) mass is 233 g/mol. The minimum absolute atomic E-state index is 0.179. The number of nitrogens with zero attached hydrogens (tertiary/aromatic N) is 1. The zero-order valence-electron chi connectivity index (χ0n) is 7.91. The van der Waals surface area contributed by atoms with Crippen LogP contribution >= 0.6 is 7.60 Å². The normalized spacial score (nSPS) is 11.6. The minimum atomic E-state index is -4.01. The van der Waals surface area contributed by atoms with Crippen LogP contribution in [0.15, 0.2) is 23.1 Å². The third-order valence-corrected chi connectivity index (χ3v) is 2.75. The second kappa shape index (κ2) is 4.61. The summed E-state index contributed by atoms with van der Waals surface area (Å²) in [5.74, 6) is -0.367. The van der Waals surface area contributed by atoms with Crippen molar-refractivity contribution in [1.29, 1.82) is 0 Å². The second-order valence-corrected chi connectivity index (χ2v) is 4.91. The molecular weight excluding hydrogens is 221 g/mol. The van der Waals surface area contributed by atoms with E-state index >= 15 is 0 Å². The lowest BCUT2D eigenvalue weighted by Gasteiger charge is -2.06. The molecule has 0 aromatic carbocycles. The summed E-state index contributed by atoms with van der Waals surface area (Å²) in [6.07, 6.45) is 1.38. The van der Waals surface area contributed by atoms with Crippen LogP contribution in [0.2, 0.25) is 0 Å². The Morgan fingerprint density at radius 1 is 1.40 bits per heavy atom. The van der Waals surface area contributed by atoms with Crippen molar-refractivity contribution in [3.63, 3.8) is 0 Å². The second-order valence-electron chi connectivity index (χ2n) is 3.13. The maximum atomic E-state index is 11.2. The maximum Gasteiger partial charge on any atom is 0.325 e. The average Bonchev–Trinajstić information content (AvgIpc) is 2.10. The van der Waals surface area contributed by atoms with Gasteiger partial charge in [0.2, 0.25) is 0 Å². The fourth-order valence-electron chi connectivity index (χ4n) is 1.15. The van der Waals surface area contributed by atoms with Gasteiger partial charge in [-0.2, -0.15) is 0 Å². The van der Waals surface area contributed by atoms with Gasteiger partial charge in [-0.15, -0.1) is 0 Å². The van der Waals surface area contributed by atoms with Crippen LogP contribution in [-0.4, -0.2) is 25.6 Å². The van der Waals surface area contributed by atoms with Gasteiger partial charge in [0.15, 0.2) is 5.75 Å². The first-order chi connectivity index (χ1) is 6.90. The van der Waals surface area contributed by atoms with Crippen molar-refractivity contribution in [1.82, 2.24) is 4.57 Å². The number of hydrogen-bond acceptors (Lipinski definition) is 3. The number of pyridine rings is 1. The fraction of sp³-hybridized carbons (Fsp3) is 0.375. The molecule has 0 aliphatic rings. The van der Waals surface area contributed by atoms with Crippen molar-refractivity contribution in [2.75, 3.05) is 6.16 Å². The number of aryl methyl sites for hydroxylation is 1. The van der Waals surface area contributed by atoms with E-state index in [1.165, 1.54) is 22.9 Å². The highest BCUT2D eigenvalue weighted by molar-refractivity contribution is 7.51. The smallest absolute Gasteiger partial charge is 0.325 e. The molecule has 0 atom stereocenters. The molecule has 0 spiro atoms. The summed E-state index contributed by atoms with van der Waals surface area (Å²) < 4.78 is 11.7. The molecular formula is C8H12NO5P. The molecule has 1 rings (SSSR count). The van der Waals surface area contributed by atoms with E-state index in [0.29, 0.717) is 0 Å². The van der Waals surface area contributed by atoms with Crippen molar-refractivity contribution in [2.24, 2.45) is 0 Å². The Labute approximate surface area is 86.0 Å². The molecule has 1 heterocycles. The first kappa shape index (κ1) is 12.0. The first-order valence-electron chi connectivity index (χ1n) is 4.33. The van der Waals surface area contributed by atoms with E-state index in [-0.39, 0.29) is 24.9 Å². The van der Waals surface area contributed by atoms with E-state index in [1.54, 1.807) is 0 Å². The van der Waals surface area contributed by atoms with Crippen LogP contribution in [0.25, 0.3) is 0 Å². The quantitative estimate of drug-likeness (QED) is 0.641. The third-order valence-electron chi connectivity index (χ3n) is 1.85. The van der Waals surface area contributed by atoms with Gasteiger partial charge in [0.05, 0.1) is 6.16 Å². The summed E-state index contributed by atoms with van der Waals surface area (Å²) in [7, 11) is -4.01. The molecule has 6 nitrogen and oxygen atoms in total. The predicted octanol–water partition coefficient (Wildman–Crippen LogP) is 0.122. The van der Waals surface area contributed by atoms with Gasteiger partial charge in [-0.3, -0.25) is 9.36 Å². The molecule has 0 saturated heterocycles. The van der Waals surface area contributed by atoms with Gasteiger partial charge >= 0.3 is 7.60 Å². The maximum absolute atomic E-state index is 11.2. The Kier molecular flexibility index (Phi) is 3.68. The summed E-state index contributed by atoms with van der Waals surface area (Å²) in [6, 6.07) is 2.76. The van der Waals surface area contributed by atoms with Gasteiger partial charge in [-0.05, 0) is 18.6 Å². The Morgan fingerprint density at radius 3 is 2.67 bits per heavy atom. The van der Waals surface area contributed by atoms with E-state index in [2.05, 4.69) is 0 Å². The molecule has 0 bridgehead atoms. The molecule has 3 N–H and O–H groups in total. The highest BCUT2D eigenvalue weighted by atomic mass is 31.2. The van der Waals surface area contributed by atoms with E-state index in [1.807, 2.05) is 0 Å². The van der Waals surface area contributed by atoms with E-state index in [4.69, 9.17) is 14.9 Å². The fourth-order valence-corrected chi connectivity index (χ4v) is 1.70. The Morgan fingerprint density at radius 2 is 2.07 bits per heavy atom. The van der Waals surface area contributed by atoms with Gasteiger partial charge in [-0.25, -0.2) is 0 Å². The summed E-state index contributed by atoms with van der Waals surface area (Å²) in [5, 5.41) is 9.07. The molecule has 1 aromatic rings. The van der Waals surface area contributed by atoms with Crippen LogP contribution in [0.5, 0.6) is 5.75 Å². The molecule has 0 aliphatic carbocycles. The summed E-state index contributed by atoms with van der Waals surface area (Å²) in [4.78, 5) is 28.4. The van der Waals surface area contributed by atoms with Crippen molar-refractivity contribution >= 4 is 7.60 Å². The molecule has 84 valence electrons. The van der Waals surface area contributed by atoms with Crippen LogP contribution < -0.4 is 5.56 Å². The Hall–Kier alpha value is -1.10. The van der Waals surface area contributed by atoms with Crippen LogP contribution in [0.3, 0.4) is 0 Å². The molecule has 1 aromatic heterocycles. The van der Waals surface area contributed by atoms with Crippen LogP contribution in [0, 0.1) is 0 Å². The van der Waals surface area contributed by atoms with E-state index in [9.17, 15) is 9.36 Å². The third kappa shape index (κ3) is 3.87. The lowest BCUT2D eigenvalue weighted by atomic mass is 10.4. The predicted molar refractivity (Wildman–Crippen MR) is 53.9 cm³/mol. The zero-order valence-corrected chi connectivity index (χ0v) is 8.80. The number of aromatic hydroxyl groups is 1. The molecule has 0 aliphatic heterocycles. The lowest BCUT2D eigenvalue weighted by molar-refractivity contribution is 0.370. The van der Waals surface area contributed by atoms with E-state index in [0.717, 1.165) is 0 Å². The first-order valence-corrected chi connectivity index (χ1v) is 6.13. The lowest BCUT2D eigenvalue weighted by Crippen LogP contribution is -2.19. The van der Waals surface area contributed by atoms with Crippen molar-refractivity contribution in [2.45, 2.75) is 13.0 Å². The van der Waals surface area contributed by atoms with Gasteiger partial charge in [0.1, 0.15) is 0 Å². The number of rotatable bonds is 4. The summed E-state index contributed by atoms with van der Waals surface area (Å²) >= 11 is 0. The SMILES string of the molecule is O=c1c(O)cccn1CCCP(=O)(O)O. The summed E-state index contributed by atoms with van der Waals surface area (Å²) in [5.41, 5.74) is -0.553. The van der Waals surface area contributed by atoms with E-state index < -0.39 is 13.2 Å². The number of aromatic nitrogens is 1. The van der Waals surface area contributed by atoms with Crippen LogP contribution in [0.1, 0.15) is 6.42 Å². The van der Waals surface area contributed by atoms with Crippen molar-refractivity contribution in [3.8, 4) is 5.75 Å². The topological polar surface area (TPSA) is 99.8 Å². The van der Waals surface area contributed by atoms with Gasteiger partial charge in [0.25, 0.3) is 5.56 Å². The molecule has 15 heavy (non-hydrogen) atoms. The molecule has 0 amide bonds. The van der Waals surface area contributed by atoms with Crippen molar-refractivity contribution < 1.29 is 19.5 Å². The minimum Gasteiger partial charge on any atom is -0.503 e. The summed E-state index contributed by atoms with van der Waals surface area (Å²) in [6.45, 7) is 0.179. The van der Waals surface area contributed by atoms with Gasteiger partial charge in [-0.1, -0.05) is 0 Å². The van der Waals surface area contributed by atoms with Gasteiger partial charge in [0, 0.05) is 12.7 Å². The molecule has 7 heteroatoms. The van der Waals surface area contributed by atoms with Crippen molar-refractivity contribution in [3.05, 3.63) is 28.7 Å². The standard InChI is InChI=1S/C8H12NO5P/c10-7-3-1-4-9(8(7)11)5-2-6-15(12,13)14/h1,3-4,10H,2,5-6H2,(H2,12,13,14). The zero-order chi connectivity index (χ0) is 11.5. The molecule has 0 unspecified atom stereocenters. The highest BCUT2D eigenvalue weighted by Crippen LogP contribution is 2.34. The molecule has 0 fully saturated rings. The average molecular weight is 233 g/mol. The van der Waals surface area contributed by atoms with Gasteiger partial charge < -0.3 is 19.5 Å². The van der Waals surface area contributed by atoms with Crippen LogP contribution in [-0.2, 0) is 11.1 Å².